The van der Waals surface area contributed by atoms with Crippen LogP contribution in [0.5, 0.6) is 5.88 Å². The molecule has 3 nitrogen and oxygen atoms in total. The molecule has 1 rings (SSSR count). The van der Waals surface area contributed by atoms with Crippen molar-refractivity contribution < 1.29 is 14.2 Å². The van der Waals surface area contributed by atoms with Gasteiger partial charge >= 0.3 is 0 Å². The zero-order valence-electron chi connectivity index (χ0n) is 7.75. The van der Waals surface area contributed by atoms with Gasteiger partial charge in [0.25, 0.3) is 0 Å². The first-order chi connectivity index (χ1) is 6.77. The lowest BCUT2D eigenvalue weighted by atomic mass is 10.2. The van der Waals surface area contributed by atoms with Crippen molar-refractivity contribution in [3.05, 3.63) is 23.6 Å². The van der Waals surface area contributed by atoms with E-state index >= 15 is 0 Å². The normalized spacial score (nSPS) is 9.07. The number of aromatic nitrogens is 1. The van der Waals surface area contributed by atoms with E-state index in [4.69, 9.17) is 9.84 Å². The second kappa shape index (κ2) is 5.20. The zero-order chi connectivity index (χ0) is 10.4. The standard InChI is InChI=1S/C10H10FNO2/c1-14-10-8(4-2-3-5-13)6-9(11)7-12-10/h6-7,13H,3,5H2,1H3. The lowest BCUT2D eigenvalue weighted by Gasteiger charge is -2.00. The molecule has 0 unspecified atom stereocenters. The molecule has 74 valence electrons. The number of rotatable bonds is 2. The topological polar surface area (TPSA) is 42.4 Å². The van der Waals surface area contributed by atoms with Crippen LogP contribution in [0.3, 0.4) is 0 Å². The van der Waals surface area contributed by atoms with Gasteiger partial charge in [0, 0.05) is 6.42 Å². The summed E-state index contributed by atoms with van der Waals surface area (Å²) in [6.45, 7) is -0.0158. The van der Waals surface area contributed by atoms with Crippen LogP contribution >= 0.6 is 0 Å². The number of methoxy groups -OCH3 is 1. The van der Waals surface area contributed by atoms with Gasteiger partial charge in [-0.15, -0.1) is 0 Å². The fourth-order valence-corrected chi connectivity index (χ4v) is 0.893. The summed E-state index contributed by atoms with van der Waals surface area (Å²) in [5.41, 5.74) is 0.390. The number of aliphatic hydroxyl groups is 1. The molecule has 0 saturated heterocycles. The number of nitrogens with zero attached hydrogens (tertiary/aromatic N) is 1. The highest BCUT2D eigenvalue weighted by Gasteiger charge is 2.02. The molecule has 0 spiro atoms. The maximum absolute atomic E-state index is 12.8. The van der Waals surface area contributed by atoms with Crippen LogP contribution in [0.1, 0.15) is 12.0 Å². The van der Waals surface area contributed by atoms with Crippen LogP contribution in [-0.2, 0) is 0 Å². The lowest BCUT2D eigenvalue weighted by Crippen LogP contribution is -1.92. The molecule has 0 saturated carbocycles. The molecule has 0 radical (unpaired) electrons. The van der Waals surface area contributed by atoms with Crippen molar-refractivity contribution in [3.63, 3.8) is 0 Å². The largest absolute Gasteiger partial charge is 0.480 e. The molecule has 0 fully saturated rings. The average molecular weight is 195 g/mol. The first-order valence-electron chi connectivity index (χ1n) is 4.07. The smallest absolute Gasteiger partial charge is 0.229 e. The first-order valence-corrected chi connectivity index (χ1v) is 4.07. The van der Waals surface area contributed by atoms with Gasteiger partial charge in [0.15, 0.2) is 0 Å². The third-order valence-corrected chi connectivity index (χ3v) is 1.47. The highest BCUT2D eigenvalue weighted by atomic mass is 19.1. The zero-order valence-corrected chi connectivity index (χ0v) is 7.75. The monoisotopic (exact) mass is 195 g/mol. The lowest BCUT2D eigenvalue weighted by molar-refractivity contribution is 0.305. The summed E-state index contributed by atoms with van der Waals surface area (Å²) in [6, 6.07) is 1.25. The molecule has 14 heavy (non-hydrogen) atoms. The van der Waals surface area contributed by atoms with Crippen molar-refractivity contribution in [2.75, 3.05) is 13.7 Å². The number of hydrogen-bond donors (Lipinski definition) is 1. The number of ether oxygens (including phenoxy) is 1. The molecule has 0 amide bonds. The maximum Gasteiger partial charge on any atom is 0.229 e. The molecule has 1 aromatic heterocycles. The van der Waals surface area contributed by atoms with Crippen molar-refractivity contribution in [2.24, 2.45) is 0 Å². The molecular weight excluding hydrogens is 185 g/mol. The van der Waals surface area contributed by atoms with Gasteiger partial charge in [0.05, 0.1) is 25.5 Å². The number of halogens is 1. The van der Waals surface area contributed by atoms with Crippen LogP contribution < -0.4 is 4.74 Å². The summed E-state index contributed by atoms with van der Waals surface area (Å²) in [5.74, 6) is 5.16. The van der Waals surface area contributed by atoms with Gasteiger partial charge in [-0.3, -0.25) is 0 Å². The molecule has 0 bridgehead atoms. The predicted octanol–water partition coefficient (Wildman–Crippen LogP) is 0.963. The van der Waals surface area contributed by atoms with E-state index in [-0.39, 0.29) is 12.5 Å². The molecule has 0 aliphatic heterocycles. The molecule has 1 heterocycles. The summed E-state index contributed by atoms with van der Waals surface area (Å²) < 4.78 is 17.6. The Morgan fingerprint density at radius 3 is 3.07 bits per heavy atom. The molecule has 4 heteroatoms. The highest BCUT2D eigenvalue weighted by molar-refractivity contribution is 5.41. The Kier molecular flexibility index (Phi) is 3.89. The van der Waals surface area contributed by atoms with Crippen molar-refractivity contribution in [2.45, 2.75) is 6.42 Å². The molecule has 1 aromatic rings. The first kappa shape index (κ1) is 10.5. The van der Waals surface area contributed by atoms with Gasteiger partial charge in [0.2, 0.25) is 5.88 Å². The van der Waals surface area contributed by atoms with E-state index in [0.717, 1.165) is 6.20 Å². The van der Waals surface area contributed by atoms with Crippen LogP contribution in [0.2, 0.25) is 0 Å². The Labute approximate surface area is 81.5 Å². The van der Waals surface area contributed by atoms with Crippen molar-refractivity contribution in [3.8, 4) is 17.7 Å². The minimum Gasteiger partial charge on any atom is -0.480 e. The SMILES string of the molecule is COc1ncc(F)cc1C#CCCO. The van der Waals surface area contributed by atoms with Crippen molar-refractivity contribution in [1.29, 1.82) is 0 Å². The van der Waals surface area contributed by atoms with E-state index in [1.807, 2.05) is 0 Å². The second-order valence-corrected chi connectivity index (χ2v) is 2.49. The molecule has 0 aliphatic rings. The summed E-state index contributed by atoms with van der Waals surface area (Å²) >= 11 is 0. The van der Waals surface area contributed by atoms with Crippen LogP contribution in [0, 0.1) is 17.7 Å². The van der Waals surface area contributed by atoms with Crippen LogP contribution in [-0.4, -0.2) is 23.8 Å². The van der Waals surface area contributed by atoms with Gasteiger partial charge in [-0.25, -0.2) is 9.37 Å². The molecular formula is C10H10FNO2. The molecule has 0 aromatic carbocycles. The number of aliphatic hydroxyl groups excluding tert-OH is 1. The van der Waals surface area contributed by atoms with Gasteiger partial charge in [-0.05, 0) is 6.07 Å². The van der Waals surface area contributed by atoms with E-state index < -0.39 is 5.82 Å². The Morgan fingerprint density at radius 2 is 2.43 bits per heavy atom. The van der Waals surface area contributed by atoms with Crippen molar-refractivity contribution in [1.82, 2.24) is 4.98 Å². The van der Waals surface area contributed by atoms with Crippen LogP contribution in [0.4, 0.5) is 4.39 Å². The van der Waals surface area contributed by atoms with E-state index in [9.17, 15) is 4.39 Å². The van der Waals surface area contributed by atoms with E-state index in [1.54, 1.807) is 0 Å². The Hall–Kier alpha value is -1.60. The van der Waals surface area contributed by atoms with Crippen LogP contribution in [0.25, 0.3) is 0 Å². The number of hydrogen-bond acceptors (Lipinski definition) is 3. The fraction of sp³-hybridized carbons (Fsp3) is 0.300. The van der Waals surface area contributed by atoms with Crippen LogP contribution in [0.15, 0.2) is 12.3 Å². The van der Waals surface area contributed by atoms with E-state index in [1.165, 1.54) is 13.2 Å². The Balaban J connectivity index is 2.94. The third-order valence-electron chi connectivity index (χ3n) is 1.47. The summed E-state index contributed by atoms with van der Waals surface area (Å²) in [6.07, 6.45) is 1.41. The molecule has 1 N–H and O–H groups in total. The second-order valence-electron chi connectivity index (χ2n) is 2.49. The highest BCUT2D eigenvalue weighted by Crippen LogP contribution is 2.13. The third kappa shape index (κ3) is 2.71. The van der Waals surface area contributed by atoms with E-state index in [0.29, 0.717) is 12.0 Å². The van der Waals surface area contributed by atoms with E-state index in [2.05, 4.69) is 16.8 Å². The summed E-state index contributed by atoms with van der Waals surface area (Å²) in [4.78, 5) is 3.71. The quantitative estimate of drug-likeness (QED) is 0.715. The van der Waals surface area contributed by atoms with Gasteiger partial charge in [-0.1, -0.05) is 11.8 Å². The van der Waals surface area contributed by atoms with Crippen molar-refractivity contribution >= 4 is 0 Å². The predicted molar refractivity (Wildman–Crippen MR) is 49.3 cm³/mol. The minimum absolute atomic E-state index is 0.0158. The summed E-state index contributed by atoms with van der Waals surface area (Å²) in [5, 5.41) is 8.50. The molecule has 0 atom stereocenters. The minimum atomic E-state index is -0.459. The Bertz CT molecular complexity index is 368. The number of pyridine rings is 1. The maximum atomic E-state index is 12.8. The fourth-order valence-electron chi connectivity index (χ4n) is 0.893. The molecule has 0 aliphatic carbocycles. The van der Waals surface area contributed by atoms with Gasteiger partial charge in [0.1, 0.15) is 5.82 Å². The average Bonchev–Trinajstić information content (AvgIpc) is 2.19. The van der Waals surface area contributed by atoms with Gasteiger partial charge < -0.3 is 9.84 Å². The summed E-state index contributed by atoms with van der Waals surface area (Å²) in [7, 11) is 1.44. The van der Waals surface area contributed by atoms with Gasteiger partial charge in [-0.2, -0.15) is 0 Å². The Morgan fingerprint density at radius 1 is 1.64 bits per heavy atom.